The summed E-state index contributed by atoms with van der Waals surface area (Å²) < 4.78 is 0. The number of rotatable bonds is 7. The van der Waals surface area contributed by atoms with Crippen molar-refractivity contribution in [2.75, 3.05) is 13.1 Å². The van der Waals surface area contributed by atoms with E-state index in [0.717, 1.165) is 0 Å². The molecule has 9 heteroatoms. The zero-order chi connectivity index (χ0) is 17.0. The molecule has 0 spiro atoms. The Hall–Kier alpha value is -2.71. The fourth-order valence-corrected chi connectivity index (χ4v) is 1.86. The van der Waals surface area contributed by atoms with E-state index < -0.39 is 42.3 Å². The molecule has 1 heterocycles. The lowest BCUT2D eigenvalue weighted by Gasteiger charge is -2.19. The molecule has 1 rings (SSSR count). The van der Waals surface area contributed by atoms with Crippen LogP contribution in [0.15, 0.2) is 12.7 Å². The quantitative estimate of drug-likeness (QED) is 0.360. The third-order valence-electron chi connectivity index (χ3n) is 3.00. The number of nitrogens with zero attached hydrogens (tertiary/aromatic N) is 2. The maximum Gasteiger partial charge on any atom is 0.335 e. The van der Waals surface area contributed by atoms with Crippen molar-refractivity contribution < 1.29 is 29.1 Å². The molecule has 1 atom stereocenters. The number of carboxylic acid groups (broad SMARTS) is 1. The molecule has 0 aromatic rings. The summed E-state index contributed by atoms with van der Waals surface area (Å²) >= 11 is 0. The van der Waals surface area contributed by atoms with E-state index in [1.54, 1.807) is 13.8 Å². The molecule has 0 aromatic heterocycles. The second-order valence-corrected chi connectivity index (χ2v) is 5.01. The largest absolute Gasteiger partial charge is 0.480 e. The second-order valence-electron chi connectivity index (χ2n) is 5.01. The Morgan fingerprint density at radius 2 is 1.77 bits per heavy atom. The monoisotopic (exact) mass is 311 g/mol. The van der Waals surface area contributed by atoms with Gasteiger partial charge < -0.3 is 10.4 Å². The third-order valence-corrected chi connectivity index (χ3v) is 3.00. The molecule has 1 aliphatic heterocycles. The molecule has 1 saturated heterocycles. The minimum atomic E-state index is -1.23. The zero-order valence-corrected chi connectivity index (χ0v) is 12.2. The zero-order valence-electron chi connectivity index (χ0n) is 12.2. The minimum Gasteiger partial charge on any atom is -0.480 e. The SMILES string of the molecule is C=CCN1C(=O)C(=O)N(CC(=O)N[C@@H](C(=O)O)C(C)C)C1=O. The van der Waals surface area contributed by atoms with Gasteiger partial charge in [0.1, 0.15) is 12.6 Å². The molecular formula is C13H17N3O6. The van der Waals surface area contributed by atoms with Gasteiger partial charge in [-0.25, -0.2) is 14.5 Å². The number of imide groups is 2. The molecule has 2 N–H and O–H groups in total. The number of hydrogen-bond donors (Lipinski definition) is 2. The van der Waals surface area contributed by atoms with Gasteiger partial charge in [-0.15, -0.1) is 6.58 Å². The van der Waals surface area contributed by atoms with Crippen LogP contribution in [-0.4, -0.2) is 63.8 Å². The average molecular weight is 311 g/mol. The first kappa shape index (κ1) is 17.3. The number of carbonyl (C=O) groups is 5. The summed E-state index contributed by atoms with van der Waals surface area (Å²) in [5.74, 6) is -4.62. The molecule has 5 amide bonds. The molecule has 1 fully saturated rings. The predicted octanol–water partition coefficient (Wildman–Crippen LogP) is -0.811. The van der Waals surface area contributed by atoms with Crippen LogP contribution in [0.25, 0.3) is 0 Å². The summed E-state index contributed by atoms with van der Waals surface area (Å²) in [6.07, 6.45) is 1.27. The molecule has 120 valence electrons. The number of hydrogen-bond acceptors (Lipinski definition) is 5. The lowest BCUT2D eigenvalue weighted by atomic mass is 10.0. The van der Waals surface area contributed by atoms with Crippen molar-refractivity contribution in [2.24, 2.45) is 5.92 Å². The lowest BCUT2D eigenvalue weighted by molar-refractivity contribution is -0.145. The Morgan fingerprint density at radius 3 is 2.23 bits per heavy atom. The van der Waals surface area contributed by atoms with E-state index in [9.17, 15) is 24.0 Å². The van der Waals surface area contributed by atoms with Gasteiger partial charge in [0.05, 0.1) is 0 Å². The number of amides is 5. The summed E-state index contributed by atoms with van der Waals surface area (Å²) in [7, 11) is 0. The van der Waals surface area contributed by atoms with Crippen LogP contribution in [0.4, 0.5) is 4.79 Å². The van der Waals surface area contributed by atoms with Gasteiger partial charge >= 0.3 is 23.8 Å². The molecule has 0 radical (unpaired) electrons. The molecule has 0 saturated carbocycles. The Labute approximate surface area is 126 Å². The van der Waals surface area contributed by atoms with Crippen LogP contribution in [-0.2, 0) is 19.2 Å². The molecular weight excluding hydrogens is 294 g/mol. The van der Waals surface area contributed by atoms with Crippen molar-refractivity contribution >= 4 is 29.7 Å². The lowest BCUT2D eigenvalue weighted by Crippen LogP contribution is -2.49. The topological polar surface area (TPSA) is 124 Å². The Morgan fingerprint density at radius 1 is 1.23 bits per heavy atom. The van der Waals surface area contributed by atoms with Crippen molar-refractivity contribution in [1.29, 1.82) is 0 Å². The number of urea groups is 1. The average Bonchev–Trinajstić information content (AvgIpc) is 2.62. The number of nitrogens with one attached hydrogen (secondary N) is 1. The first-order valence-corrected chi connectivity index (χ1v) is 6.51. The van der Waals surface area contributed by atoms with Crippen molar-refractivity contribution in [3.8, 4) is 0 Å². The highest BCUT2D eigenvalue weighted by Crippen LogP contribution is 2.11. The molecule has 9 nitrogen and oxygen atoms in total. The van der Waals surface area contributed by atoms with Gasteiger partial charge in [-0.3, -0.25) is 19.3 Å². The normalized spacial score (nSPS) is 16.2. The van der Waals surface area contributed by atoms with E-state index in [1.165, 1.54) is 6.08 Å². The van der Waals surface area contributed by atoms with Gasteiger partial charge in [-0.05, 0) is 5.92 Å². The molecule has 1 aliphatic rings. The highest BCUT2D eigenvalue weighted by Gasteiger charge is 2.44. The van der Waals surface area contributed by atoms with Crippen molar-refractivity contribution in [3.05, 3.63) is 12.7 Å². The van der Waals surface area contributed by atoms with Crippen LogP contribution < -0.4 is 5.32 Å². The Bertz CT molecular complexity index is 542. The molecule has 22 heavy (non-hydrogen) atoms. The fraction of sp³-hybridized carbons (Fsp3) is 0.462. The number of aliphatic carboxylic acids is 1. The van der Waals surface area contributed by atoms with Gasteiger partial charge in [0, 0.05) is 6.54 Å². The van der Waals surface area contributed by atoms with Gasteiger partial charge in [-0.1, -0.05) is 19.9 Å². The predicted molar refractivity (Wildman–Crippen MR) is 73.4 cm³/mol. The molecule has 0 aromatic carbocycles. The number of carboxylic acids is 1. The van der Waals surface area contributed by atoms with Crippen LogP contribution in [0.5, 0.6) is 0 Å². The van der Waals surface area contributed by atoms with Crippen LogP contribution >= 0.6 is 0 Å². The van der Waals surface area contributed by atoms with Gasteiger partial charge in [-0.2, -0.15) is 0 Å². The first-order valence-electron chi connectivity index (χ1n) is 6.51. The third kappa shape index (κ3) is 3.48. The van der Waals surface area contributed by atoms with Gasteiger partial charge in [0.2, 0.25) is 5.91 Å². The summed E-state index contributed by atoms with van der Waals surface area (Å²) in [5, 5.41) is 11.2. The Balaban J connectivity index is 2.78. The molecule has 0 aliphatic carbocycles. The molecule has 0 unspecified atom stereocenters. The Kier molecular flexibility index (Phi) is 5.39. The first-order chi connectivity index (χ1) is 10.2. The fourth-order valence-electron chi connectivity index (χ4n) is 1.86. The minimum absolute atomic E-state index is 0.148. The maximum absolute atomic E-state index is 11.9. The summed E-state index contributed by atoms with van der Waals surface area (Å²) in [5.41, 5.74) is 0. The van der Waals surface area contributed by atoms with Crippen LogP contribution in [0, 0.1) is 5.92 Å². The van der Waals surface area contributed by atoms with Crippen molar-refractivity contribution in [1.82, 2.24) is 15.1 Å². The van der Waals surface area contributed by atoms with Gasteiger partial charge in [0.25, 0.3) is 0 Å². The van der Waals surface area contributed by atoms with E-state index in [1.807, 2.05) is 0 Å². The summed E-state index contributed by atoms with van der Waals surface area (Å²) in [4.78, 5) is 59.1. The van der Waals surface area contributed by atoms with Crippen LogP contribution in [0.3, 0.4) is 0 Å². The van der Waals surface area contributed by atoms with E-state index in [-0.39, 0.29) is 12.5 Å². The van der Waals surface area contributed by atoms with E-state index in [4.69, 9.17) is 5.11 Å². The van der Waals surface area contributed by atoms with Crippen LogP contribution in [0.2, 0.25) is 0 Å². The summed E-state index contributed by atoms with van der Waals surface area (Å²) in [6, 6.07) is -2.08. The van der Waals surface area contributed by atoms with Crippen molar-refractivity contribution in [2.45, 2.75) is 19.9 Å². The maximum atomic E-state index is 11.9. The van der Waals surface area contributed by atoms with E-state index in [2.05, 4.69) is 11.9 Å². The van der Waals surface area contributed by atoms with Gasteiger partial charge in [0.15, 0.2) is 0 Å². The standard InChI is InChI=1S/C13H17N3O6/c1-4-5-15-10(18)11(19)16(13(15)22)6-8(17)14-9(7(2)3)12(20)21/h4,7,9H,1,5-6H2,2-3H3,(H,14,17)(H,20,21)/t9-/m1/s1. The second kappa shape index (κ2) is 6.83. The van der Waals surface area contributed by atoms with E-state index >= 15 is 0 Å². The highest BCUT2D eigenvalue weighted by atomic mass is 16.4. The number of carbonyl (C=O) groups excluding carboxylic acids is 4. The van der Waals surface area contributed by atoms with Crippen molar-refractivity contribution in [3.63, 3.8) is 0 Å². The smallest absolute Gasteiger partial charge is 0.335 e. The highest BCUT2D eigenvalue weighted by molar-refractivity contribution is 6.45. The summed E-state index contributed by atoms with van der Waals surface area (Å²) in [6.45, 7) is 5.70. The molecule has 0 bridgehead atoms. The van der Waals surface area contributed by atoms with E-state index in [0.29, 0.717) is 9.80 Å². The van der Waals surface area contributed by atoms with Crippen LogP contribution in [0.1, 0.15) is 13.8 Å².